The summed E-state index contributed by atoms with van der Waals surface area (Å²) < 4.78 is 0. The molecule has 1 atom stereocenters. The van der Waals surface area contributed by atoms with Gasteiger partial charge in [-0.05, 0) is 56.4 Å². The molecular weight excluding hydrogens is 437 g/mol. The molecule has 1 saturated carbocycles. The second-order valence-corrected chi connectivity index (χ2v) is 9.31. The summed E-state index contributed by atoms with van der Waals surface area (Å²) in [6.45, 7) is 4.17. The van der Waals surface area contributed by atoms with E-state index in [1.54, 1.807) is 29.2 Å². The zero-order chi connectivity index (χ0) is 22.4. The molecule has 2 fully saturated rings. The Bertz CT molecular complexity index is 809. The smallest absolute Gasteiger partial charge is 0.246 e. The largest absolute Gasteiger partial charge is 0.393 e. The van der Waals surface area contributed by atoms with Crippen molar-refractivity contribution in [2.24, 2.45) is 0 Å². The number of carbonyl (C=O) groups is 2. The molecule has 2 aliphatic rings. The molecule has 0 radical (unpaired) electrons. The Morgan fingerprint density at radius 1 is 1.19 bits per heavy atom. The van der Waals surface area contributed by atoms with E-state index in [-0.39, 0.29) is 24.0 Å². The van der Waals surface area contributed by atoms with Crippen LogP contribution in [-0.4, -0.2) is 71.1 Å². The van der Waals surface area contributed by atoms with Crippen molar-refractivity contribution in [3.05, 3.63) is 39.9 Å². The van der Waals surface area contributed by atoms with E-state index in [9.17, 15) is 14.7 Å². The third-order valence-electron chi connectivity index (χ3n) is 5.97. The number of halogens is 2. The van der Waals surface area contributed by atoms with Crippen LogP contribution in [-0.2, 0) is 9.59 Å². The van der Waals surface area contributed by atoms with E-state index in [4.69, 9.17) is 23.2 Å². The van der Waals surface area contributed by atoms with Crippen molar-refractivity contribution in [3.8, 4) is 0 Å². The Hall–Kier alpha value is -1.60. The minimum atomic E-state index is -0.171. The number of carbonyl (C=O) groups excluding carboxylic acids is 2. The third kappa shape index (κ3) is 7.21. The number of rotatable bonds is 6. The van der Waals surface area contributed by atoms with Crippen LogP contribution in [0.1, 0.15) is 44.6 Å². The van der Waals surface area contributed by atoms with Crippen LogP contribution in [0.2, 0.25) is 10.0 Å². The van der Waals surface area contributed by atoms with Crippen LogP contribution >= 0.6 is 23.2 Å². The van der Waals surface area contributed by atoms with Gasteiger partial charge in [0.05, 0.1) is 16.1 Å². The van der Waals surface area contributed by atoms with Crippen LogP contribution in [0, 0.1) is 0 Å². The summed E-state index contributed by atoms with van der Waals surface area (Å²) in [4.78, 5) is 28.8. The first kappa shape index (κ1) is 24.1. The van der Waals surface area contributed by atoms with Crippen molar-refractivity contribution in [1.29, 1.82) is 0 Å². The van der Waals surface area contributed by atoms with Gasteiger partial charge in [-0.3, -0.25) is 9.59 Å². The van der Waals surface area contributed by atoms with Gasteiger partial charge >= 0.3 is 0 Å². The molecule has 1 saturated heterocycles. The summed E-state index contributed by atoms with van der Waals surface area (Å²) in [5.41, 5.74) is 0.797. The van der Waals surface area contributed by atoms with Crippen LogP contribution < -0.4 is 5.32 Å². The lowest BCUT2D eigenvalue weighted by atomic mass is 9.92. The molecule has 1 aromatic carbocycles. The minimum absolute atomic E-state index is 0.0801. The van der Waals surface area contributed by atoms with E-state index in [2.05, 4.69) is 12.2 Å². The molecule has 2 N–H and O–H groups in total. The van der Waals surface area contributed by atoms with Crippen LogP contribution in [0.3, 0.4) is 0 Å². The van der Waals surface area contributed by atoms with Gasteiger partial charge in [0.1, 0.15) is 0 Å². The van der Waals surface area contributed by atoms with Crippen molar-refractivity contribution >= 4 is 41.1 Å². The lowest BCUT2D eigenvalue weighted by Crippen LogP contribution is -2.47. The predicted octanol–water partition coefficient (Wildman–Crippen LogP) is 3.35. The fourth-order valence-electron chi connectivity index (χ4n) is 4.20. The molecule has 0 aromatic heterocycles. The summed E-state index contributed by atoms with van der Waals surface area (Å²) in [7, 11) is 0. The number of nitrogens with one attached hydrogen (secondary N) is 1. The van der Waals surface area contributed by atoms with Crippen molar-refractivity contribution in [3.63, 3.8) is 0 Å². The average Bonchev–Trinajstić information content (AvgIpc) is 2.92. The number of hydrogen-bond acceptors (Lipinski definition) is 4. The highest BCUT2D eigenvalue weighted by Crippen LogP contribution is 2.23. The number of benzene rings is 1. The molecule has 0 spiro atoms. The van der Waals surface area contributed by atoms with Gasteiger partial charge in [-0.2, -0.15) is 0 Å². The number of nitrogens with zero attached hydrogens (tertiary/aromatic N) is 2. The fourth-order valence-corrected chi connectivity index (χ4v) is 4.50. The third-order valence-corrected chi connectivity index (χ3v) is 6.71. The van der Waals surface area contributed by atoms with Gasteiger partial charge in [0.25, 0.3) is 0 Å². The first-order chi connectivity index (χ1) is 14.8. The zero-order valence-corrected chi connectivity index (χ0v) is 19.4. The van der Waals surface area contributed by atoms with Gasteiger partial charge in [0.15, 0.2) is 0 Å². The summed E-state index contributed by atoms with van der Waals surface area (Å²) in [5.74, 6) is -0.0378. The van der Waals surface area contributed by atoms with Crippen LogP contribution in [0.4, 0.5) is 0 Å². The number of hydrogen-bond donors (Lipinski definition) is 2. The van der Waals surface area contributed by atoms with Gasteiger partial charge in [-0.25, -0.2) is 0 Å². The van der Waals surface area contributed by atoms with E-state index in [1.807, 2.05) is 4.90 Å². The Labute approximate surface area is 194 Å². The fraction of sp³-hybridized carbons (Fsp3) is 0.565. The van der Waals surface area contributed by atoms with Crippen LogP contribution in [0.25, 0.3) is 6.08 Å². The van der Waals surface area contributed by atoms with Gasteiger partial charge in [-0.15, -0.1) is 0 Å². The maximum absolute atomic E-state index is 12.6. The molecule has 1 aliphatic carbocycles. The van der Waals surface area contributed by atoms with Crippen molar-refractivity contribution in [2.45, 2.75) is 57.2 Å². The van der Waals surface area contributed by atoms with Gasteiger partial charge in [-0.1, -0.05) is 29.3 Å². The Morgan fingerprint density at radius 2 is 1.94 bits per heavy atom. The zero-order valence-electron chi connectivity index (χ0n) is 17.9. The quantitative estimate of drug-likeness (QED) is 0.629. The molecule has 8 heteroatoms. The lowest BCUT2D eigenvalue weighted by Gasteiger charge is -2.31. The Balaban J connectivity index is 1.49. The highest BCUT2D eigenvalue weighted by Gasteiger charge is 2.26. The van der Waals surface area contributed by atoms with E-state index in [0.29, 0.717) is 48.7 Å². The maximum Gasteiger partial charge on any atom is 0.246 e. The second-order valence-electron chi connectivity index (χ2n) is 8.50. The second kappa shape index (κ2) is 11.3. The average molecular weight is 468 g/mol. The summed E-state index contributed by atoms with van der Waals surface area (Å²) in [6.07, 6.45) is 6.98. The molecule has 6 nitrogen and oxygen atoms in total. The molecule has 1 aliphatic heterocycles. The Morgan fingerprint density at radius 3 is 2.65 bits per heavy atom. The van der Waals surface area contributed by atoms with E-state index < -0.39 is 0 Å². The topological polar surface area (TPSA) is 72.9 Å². The summed E-state index contributed by atoms with van der Waals surface area (Å²) in [6, 6.07) is 5.77. The van der Waals surface area contributed by atoms with Crippen LogP contribution in [0.5, 0.6) is 0 Å². The van der Waals surface area contributed by atoms with Crippen molar-refractivity contribution in [1.82, 2.24) is 15.1 Å². The van der Waals surface area contributed by atoms with Crippen molar-refractivity contribution in [2.75, 3.05) is 26.2 Å². The molecule has 170 valence electrons. The molecule has 31 heavy (non-hydrogen) atoms. The number of aliphatic hydroxyl groups excluding tert-OH is 1. The SMILES string of the molecule is CC(CN1CCN(C(=O)C=Cc2ccc(Cl)c(Cl)c2)CCC1=O)N[C@H]1CC[C@H](O)CC1. The molecule has 0 bridgehead atoms. The standard InChI is InChI=1S/C23H31Cl2N3O3/c1-16(26-18-4-6-19(29)7-5-18)15-28-13-12-27(11-10-23(28)31)22(30)9-3-17-2-8-20(24)21(25)14-17/h2-3,8-9,14,16,18-19,26,29H,4-7,10-13,15H2,1H3/t16?,18-,19-. The molecule has 1 aromatic rings. The lowest BCUT2D eigenvalue weighted by molar-refractivity contribution is -0.130. The first-order valence-corrected chi connectivity index (χ1v) is 11.7. The molecular formula is C23H31Cl2N3O3. The normalized spacial score (nSPS) is 23.8. The first-order valence-electron chi connectivity index (χ1n) is 11.0. The summed E-state index contributed by atoms with van der Waals surface area (Å²) >= 11 is 11.9. The van der Waals surface area contributed by atoms with Crippen molar-refractivity contribution < 1.29 is 14.7 Å². The van der Waals surface area contributed by atoms with E-state index in [1.165, 1.54) is 6.08 Å². The monoisotopic (exact) mass is 467 g/mol. The van der Waals surface area contributed by atoms with Gasteiger partial charge in [0.2, 0.25) is 11.8 Å². The minimum Gasteiger partial charge on any atom is -0.393 e. The molecule has 3 rings (SSSR count). The molecule has 1 unspecified atom stereocenters. The van der Waals surface area contributed by atoms with E-state index in [0.717, 1.165) is 31.2 Å². The highest BCUT2D eigenvalue weighted by molar-refractivity contribution is 6.42. The molecule has 2 amide bonds. The van der Waals surface area contributed by atoms with Gasteiger partial charge in [0, 0.05) is 50.8 Å². The van der Waals surface area contributed by atoms with Gasteiger partial charge < -0.3 is 20.2 Å². The summed E-state index contributed by atoms with van der Waals surface area (Å²) in [5, 5.41) is 14.2. The number of amides is 2. The maximum atomic E-state index is 12.6. The number of aliphatic hydroxyl groups is 1. The molecule has 1 heterocycles. The Kier molecular flexibility index (Phi) is 8.78. The van der Waals surface area contributed by atoms with E-state index >= 15 is 0 Å². The van der Waals surface area contributed by atoms with Crippen LogP contribution in [0.15, 0.2) is 24.3 Å². The predicted molar refractivity (Wildman–Crippen MR) is 124 cm³/mol. The highest BCUT2D eigenvalue weighted by atomic mass is 35.5.